The molecule has 0 spiro atoms. The van der Waals surface area contributed by atoms with Gasteiger partial charge in [-0.25, -0.2) is 13.1 Å². The van der Waals surface area contributed by atoms with Gasteiger partial charge in [-0.2, -0.15) is 0 Å². The molecule has 0 saturated carbocycles. The van der Waals surface area contributed by atoms with E-state index in [0.29, 0.717) is 5.88 Å². The van der Waals surface area contributed by atoms with E-state index >= 15 is 0 Å². The second-order valence-electron chi connectivity index (χ2n) is 4.91. The molecule has 0 heterocycles. The molecule has 1 N–H and O–H groups in total. The standard InChI is InChI=1S/C12H26ClNO2S/c1-4-5-6-7-8-12(3)14-17(15,16)10-11(2)9-13/h11-12,14H,4-10H2,1-3H3. The minimum Gasteiger partial charge on any atom is -0.212 e. The maximum absolute atomic E-state index is 11.7. The number of hydrogen-bond acceptors (Lipinski definition) is 2. The first-order valence-corrected chi connectivity index (χ1v) is 8.66. The van der Waals surface area contributed by atoms with Gasteiger partial charge in [0.05, 0.1) is 5.75 Å². The van der Waals surface area contributed by atoms with E-state index in [2.05, 4.69) is 11.6 Å². The maximum atomic E-state index is 11.7. The summed E-state index contributed by atoms with van der Waals surface area (Å²) in [4.78, 5) is 0. The molecule has 2 atom stereocenters. The first-order valence-electron chi connectivity index (χ1n) is 6.47. The van der Waals surface area contributed by atoms with Crippen molar-refractivity contribution < 1.29 is 8.42 Å². The van der Waals surface area contributed by atoms with E-state index in [-0.39, 0.29) is 17.7 Å². The van der Waals surface area contributed by atoms with Crippen molar-refractivity contribution in [1.29, 1.82) is 0 Å². The molecule has 0 aliphatic heterocycles. The van der Waals surface area contributed by atoms with Crippen LogP contribution in [0.1, 0.15) is 52.9 Å². The molecule has 0 bridgehead atoms. The van der Waals surface area contributed by atoms with Crippen molar-refractivity contribution in [3.8, 4) is 0 Å². The predicted molar refractivity (Wildman–Crippen MR) is 75.0 cm³/mol. The predicted octanol–water partition coefficient (Wildman–Crippen LogP) is 3.14. The van der Waals surface area contributed by atoms with E-state index in [9.17, 15) is 8.42 Å². The van der Waals surface area contributed by atoms with Gasteiger partial charge in [-0.05, 0) is 19.3 Å². The van der Waals surface area contributed by atoms with Crippen molar-refractivity contribution >= 4 is 21.6 Å². The van der Waals surface area contributed by atoms with E-state index in [0.717, 1.165) is 12.8 Å². The largest absolute Gasteiger partial charge is 0.212 e. The number of sulfonamides is 1. The Morgan fingerprint density at radius 3 is 2.35 bits per heavy atom. The van der Waals surface area contributed by atoms with Gasteiger partial charge in [-0.3, -0.25) is 0 Å². The van der Waals surface area contributed by atoms with Gasteiger partial charge in [-0.15, -0.1) is 11.6 Å². The van der Waals surface area contributed by atoms with Gasteiger partial charge in [0, 0.05) is 11.9 Å². The molecule has 0 radical (unpaired) electrons. The van der Waals surface area contributed by atoms with E-state index in [4.69, 9.17) is 11.6 Å². The minimum atomic E-state index is -3.17. The van der Waals surface area contributed by atoms with Crippen LogP contribution in [-0.4, -0.2) is 26.1 Å². The van der Waals surface area contributed by atoms with Crippen LogP contribution in [0.25, 0.3) is 0 Å². The zero-order chi connectivity index (χ0) is 13.3. The third kappa shape index (κ3) is 9.86. The van der Waals surface area contributed by atoms with Gasteiger partial charge >= 0.3 is 0 Å². The Balaban J connectivity index is 3.88. The first kappa shape index (κ1) is 17.2. The Labute approximate surface area is 111 Å². The van der Waals surface area contributed by atoms with Crippen LogP contribution in [0.15, 0.2) is 0 Å². The van der Waals surface area contributed by atoms with Gasteiger partial charge in [0.1, 0.15) is 0 Å². The molecule has 0 fully saturated rings. The van der Waals surface area contributed by atoms with Crippen LogP contribution in [-0.2, 0) is 10.0 Å². The maximum Gasteiger partial charge on any atom is 0.212 e. The van der Waals surface area contributed by atoms with Crippen molar-refractivity contribution in [2.24, 2.45) is 5.92 Å². The Kier molecular flexibility index (Phi) is 9.28. The van der Waals surface area contributed by atoms with Crippen molar-refractivity contribution in [1.82, 2.24) is 4.72 Å². The molecule has 0 saturated heterocycles. The molecule has 0 aromatic rings. The molecule has 2 unspecified atom stereocenters. The number of halogens is 1. The fourth-order valence-electron chi connectivity index (χ4n) is 1.71. The summed E-state index contributed by atoms with van der Waals surface area (Å²) in [6.07, 6.45) is 5.60. The van der Waals surface area contributed by atoms with E-state index < -0.39 is 10.0 Å². The average molecular weight is 284 g/mol. The van der Waals surface area contributed by atoms with Gasteiger partial charge in [0.25, 0.3) is 0 Å². The highest BCUT2D eigenvalue weighted by Crippen LogP contribution is 2.08. The first-order chi connectivity index (χ1) is 7.91. The third-order valence-electron chi connectivity index (χ3n) is 2.64. The SMILES string of the molecule is CCCCCCC(C)NS(=O)(=O)CC(C)CCl. The average Bonchev–Trinajstić information content (AvgIpc) is 2.22. The molecule has 0 aliphatic rings. The second kappa shape index (κ2) is 9.17. The van der Waals surface area contributed by atoms with E-state index in [1.165, 1.54) is 19.3 Å². The van der Waals surface area contributed by atoms with E-state index in [1.54, 1.807) is 0 Å². The Morgan fingerprint density at radius 2 is 1.82 bits per heavy atom. The number of rotatable bonds is 10. The molecule has 104 valence electrons. The normalized spacial score (nSPS) is 15.8. The molecule has 0 aliphatic carbocycles. The van der Waals surface area contributed by atoms with Crippen LogP contribution in [0.4, 0.5) is 0 Å². The van der Waals surface area contributed by atoms with Crippen molar-refractivity contribution in [2.45, 2.75) is 58.9 Å². The summed E-state index contributed by atoms with van der Waals surface area (Å²) in [5, 5.41) is 0. The minimum absolute atomic E-state index is 0.00135. The van der Waals surface area contributed by atoms with E-state index in [1.807, 2.05) is 13.8 Å². The lowest BCUT2D eigenvalue weighted by Gasteiger charge is -2.15. The van der Waals surface area contributed by atoms with Crippen molar-refractivity contribution in [3.63, 3.8) is 0 Å². The van der Waals surface area contributed by atoms with Crippen LogP contribution in [0.2, 0.25) is 0 Å². The highest BCUT2D eigenvalue weighted by molar-refractivity contribution is 7.89. The molecule has 17 heavy (non-hydrogen) atoms. The summed E-state index contributed by atoms with van der Waals surface area (Å²) in [5.74, 6) is 0.503. The molecule has 3 nitrogen and oxygen atoms in total. The van der Waals surface area contributed by atoms with Gasteiger partial charge in [0.15, 0.2) is 0 Å². The summed E-state index contributed by atoms with van der Waals surface area (Å²) in [6, 6.07) is 0.0272. The summed E-state index contributed by atoms with van der Waals surface area (Å²) in [6.45, 7) is 5.94. The fraction of sp³-hybridized carbons (Fsp3) is 1.00. The van der Waals surface area contributed by atoms with Gasteiger partial charge in [-0.1, -0.05) is 39.5 Å². The topological polar surface area (TPSA) is 46.2 Å². The number of unbranched alkanes of at least 4 members (excludes halogenated alkanes) is 3. The molecule has 5 heteroatoms. The molecule has 0 amide bonds. The van der Waals surface area contributed by atoms with Crippen LogP contribution in [0, 0.1) is 5.92 Å². The quantitative estimate of drug-likeness (QED) is 0.494. The highest BCUT2D eigenvalue weighted by Gasteiger charge is 2.17. The van der Waals surface area contributed by atoms with Gasteiger partial charge in [0.2, 0.25) is 10.0 Å². The molecular formula is C12H26ClNO2S. The molecule has 0 rings (SSSR count). The Bertz CT molecular complexity index is 280. The summed E-state index contributed by atoms with van der Waals surface area (Å²) in [5.41, 5.74) is 0. The summed E-state index contributed by atoms with van der Waals surface area (Å²) < 4.78 is 26.2. The lowest BCUT2D eigenvalue weighted by atomic mass is 10.1. The molecule has 0 aromatic heterocycles. The number of hydrogen-bond donors (Lipinski definition) is 1. The number of nitrogens with one attached hydrogen (secondary N) is 1. The monoisotopic (exact) mass is 283 g/mol. The van der Waals surface area contributed by atoms with Crippen LogP contribution in [0.5, 0.6) is 0 Å². The number of alkyl halides is 1. The lowest BCUT2D eigenvalue weighted by molar-refractivity contribution is 0.516. The summed E-state index contributed by atoms with van der Waals surface area (Å²) >= 11 is 5.62. The van der Waals surface area contributed by atoms with Crippen molar-refractivity contribution in [3.05, 3.63) is 0 Å². The van der Waals surface area contributed by atoms with Crippen LogP contribution in [0.3, 0.4) is 0 Å². The Morgan fingerprint density at radius 1 is 1.18 bits per heavy atom. The molecule has 0 aromatic carbocycles. The smallest absolute Gasteiger partial charge is 0.212 e. The lowest BCUT2D eigenvalue weighted by Crippen LogP contribution is -2.36. The zero-order valence-corrected chi connectivity index (χ0v) is 12.8. The van der Waals surface area contributed by atoms with Crippen LogP contribution >= 0.6 is 11.6 Å². The third-order valence-corrected chi connectivity index (χ3v) is 4.93. The zero-order valence-electron chi connectivity index (χ0n) is 11.2. The Hall–Kier alpha value is 0.200. The summed E-state index contributed by atoms with van der Waals surface area (Å²) in [7, 11) is -3.17. The second-order valence-corrected chi connectivity index (χ2v) is 7.02. The molecular weight excluding hydrogens is 258 g/mol. The fourth-order valence-corrected chi connectivity index (χ4v) is 3.64. The highest BCUT2D eigenvalue weighted by atomic mass is 35.5. The van der Waals surface area contributed by atoms with Gasteiger partial charge < -0.3 is 0 Å². The van der Waals surface area contributed by atoms with Crippen LogP contribution < -0.4 is 4.72 Å². The van der Waals surface area contributed by atoms with Crippen molar-refractivity contribution in [2.75, 3.05) is 11.6 Å².